The van der Waals surface area contributed by atoms with Crippen molar-refractivity contribution in [1.82, 2.24) is 4.90 Å². The van der Waals surface area contributed by atoms with E-state index in [0.717, 1.165) is 13.1 Å². The third kappa shape index (κ3) is 3.92. The zero-order valence-corrected chi connectivity index (χ0v) is 8.75. The molecule has 0 aromatic heterocycles. The summed E-state index contributed by atoms with van der Waals surface area (Å²) in [5.74, 6) is 1.48. The monoisotopic (exact) mass is 182 g/mol. The molecule has 1 radical (unpaired) electrons. The van der Waals surface area contributed by atoms with Crippen LogP contribution in [0.25, 0.3) is 0 Å². The van der Waals surface area contributed by atoms with Gasteiger partial charge in [0, 0.05) is 19.6 Å². The quantitative estimate of drug-likeness (QED) is 0.602. The van der Waals surface area contributed by atoms with Crippen molar-refractivity contribution in [3.05, 3.63) is 18.6 Å². The van der Waals surface area contributed by atoms with Crippen LogP contribution >= 0.6 is 0 Å². The molecule has 0 spiro atoms. The average molecular weight is 182 g/mol. The highest BCUT2D eigenvalue weighted by Gasteiger charge is 2.22. The van der Waals surface area contributed by atoms with Crippen LogP contribution in [0.15, 0.2) is 12.7 Å². The highest BCUT2D eigenvalue weighted by atomic mass is 16.5. The Morgan fingerprint density at radius 1 is 1.62 bits per heavy atom. The Hall–Kier alpha value is -0.340. The Kier molecular flexibility index (Phi) is 4.46. The van der Waals surface area contributed by atoms with Gasteiger partial charge < -0.3 is 9.64 Å². The van der Waals surface area contributed by atoms with Gasteiger partial charge in [-0.2, -0.15) is 0 Å². The summed E-state index contributed by atoms with van der Waals surface area (Å²) in [6.07, 6.45) is 3.42. The zero-order chi connectivity index (χ0) is 9.68. The fourth-order valence-corrected chi connectivity index (χ4v) is 1.73. The van der Waals surface area contributed by atoms with Gasteiger partial charge in [-0.15, -0.1) is 6.58 Å². The molecular weight excluding hydrogens is 162 g/mol. The zero-order valence-electron chi connectivity index (χ0n) is 8.75. The number of hydrogen-bond donors (Lipinski definition) is 0. The number of likely N-dealkylation sites (tertiary alicyclic amines) is 1. The van der Waals surface area contributed by atoms with Gasteiger partial charge in [0.15, 0.2) is 0 Å². The van der Waals surface area contributed by atoms with Crippen molar-refractivity contribution < 1.29 is 4.74 Å². The van der Waals surface area contributed by atoms with Crippen LogP contribution in [0, 0.1) is 5.92 Å². The second-order valence-corrected chi connectivity index (χ2v) is 3.97. The highest BCUT2D eigenvalue weighted by molar-refractivity contribution is 4.86. The first-order valence-corrected chi connectivity index (χ1v) is 4.96. The van der Waals surface area contributed by atoms with E-state index in [-0.39, 0.29) is 0 Å². The summed E-state index contributed by atoms with van der Waals surface area (Å²) in [7, 11) is 0. The first kappa shape index (κ1) is 10.7. The Morgan fingerprint density at radius 2 is 2.38 bits per heavy atom. The minimum absolute atomic E-state index is 0.428. The van der Waals surface area contributed by atoms with Gasteiger partial charge in [0.2, 0.25) is 0 Å². The van der Waals surface area contributed by atoms with Crippen LogP contribution in [0.5, 0.6) is 0 Å². The van der Waals surface area contributed by atoms with Gasteiger partial charge in [-0.05, 0) is 12.3 Å². The predicted octanol–water partition coefficient (Wildman–Crippen LogP) is 1.88. The molecule has 0 N–H and O–H groups in total. The maximum Gasteiger partial charge on any atom is 0.0718 e. The summed E-state index contributed by atoms with van der Waals surface area (Å²) in [6.45, 7) is 12.1. The van der Waals surface area contributed by atoms with Crippen LogP contribution in [0.4, 0.5) is 0 Å². The van der Waals surface area contributed by atoms with E-state index in [4.69, 9.17) is 4.74 Å². The molecule has 0 saturated carbocycles. The van der Waals surface area contributed by atoms with Crippen LogP contribution < -0.4 is 0 Å². The topological polar surface area (TPSA) is 12.5 Å². The van der Waals surface area contributed by atoms with Gasteiger partial charge in [0.25, 0.3) is 0 Å². The van der Waals surface area contributed by atoms with E-state index in [1.165, 1.54) is 18.9 Å². The molecule has 1 fully saturated rings. The summed E-state index contributed by atoms with van der Waals surface area (Å²) in [4.78, 5) is 2.45. The fraction of sp³-hybridized carbons (Fsp3) is 0.727. The van der Waals surface area contributed by atoms with Gasteiger partial charge in [-0.1, -0.05) is 19.9 Å². The van der Waals surface area contributed by atoms with Gasteiger partial charge in [-0.25, -0.2) is 0 Å². The van der Waals surface area contributed by atoms with E-state index in [1.54, 1.807) is 0 Å². The Morgan fingerprint density at radius 3 is 3.00 bits per heavy atom. The van der Waals surface area contributed by atoms with Crippen molar-refractivity contribution >= 4 is 0 Å². The number of ether oxygens (including phenoxy) is 1. The Balaban J connectivity index is 2.16. The number of rotatable bonds is 5. The molecular formula is C11H20NO. The lowest BCUT2D eigenvalue weighted by atomic mass is 10.2. The molecule has 1 atom stereocenters. The molecule has 2 nitrogen and oxygen atoms in total. The number of hydrogen-bond acceptors (Lipinski definition) is 2. The second kappa shape index (κ2) is 5.40. The van der Waals surface area contributed by atoms with Crippen LogP contribution in [0.1, 0.15) is 20.3 Å². The van der Waals surface area contributed by atoms with E-state index in [9.17, 15) is 0 Å². The second-order valence-electron chi connectivity index (χ2n) is 3.97. The molecule has 1 heterocycles. The standard InChI is InChI=1S/C11H20NO/c1-4-7-13-11-5-6-12(9-11)8-10(2)3/h4,11H,1,5-9H2,2-3H3. The summed E-state index contributed by atoms with van der Waals surface area (Å²) in [6, 6.07) is 0. The molecule has 0 amide bonds. The van der Waals surface area contributed by atoms with Crippen molar-refractivity contribution in [3.8, 4) is 0 Å². The van der Waals surface area contributed by atoms with Gasteiger partial charge in [0.05, 0.1) is 12.7 Å². The van der Waals surface area contributed by atoms with E-state index in [2.05, 4.69) is 25.3 Å². The SMILES string of the molecule is C=CCOC1CCN(C[C](C)C)C1. The van der Waals surface area contributed by atoms with Crippen molar-refractivity contribution in [3.63, 3.8) is 0 Å². The molecule has 1 aliphatic heterocycles. The van der Waals surface area contributed by atoms with Gasteiger partial charge in [0.1, 0.15) is 0 Å². The summed E-state index contributed by atoms with van der Waals surface area (Å²) >= 11 is 0. The van der Waals surface area contributed by atoms with Gasteiger partial charge in [-0.3, -0.25) is 0 Å². The lowest BCUT2D eigenvalue weighted by Gasteiger charge is -2.17. The molecule has 2 heteroatoms. The predicted molar refractivity (Wildman–Crippen MR) is 55.6 cm³/mol. The Labute approximate surface area is 81.6 Å². The largest absolute Gasteiger partial charge is 0.373 e. The van der Waals surface area contributed by atoms with Crippen LogP contribution in [0.3, 0.4) is 0 Å². The highest BCUT2D eigenvalue weighted by Crippen LogP contribution is 2.14. The fourth-order valence-electron chi connectivity index (χ4n) is 1.73. The molecule has 1 aliphatic rings. The summed E-state index contributed by atoms with van der Waals surface area (Å²) in [5.41, 5.74) is 0. The first-order valence-electron chi connectivity index (χ1n) is 4.96. The van der Waals surface area contributed by atoms with E-state index in [0.29, 0.717) is 12.7 Å². The van der Waals surface area contributed by atoms with Crippen molar-refractivity contribution in [2.75, 3.05) is 26.2 Å². The Bertz CT molecular complexity index is 156. The van der Waals surface area contributed by atoms with Gasteiger partial charge >= 0.3 is 0 Å². The molecule has 75 valence electrons. The summed E-state index contributed by atoms with van der Waals surface area (Å²) < 4.78 is 5.59. The molecule has 1 rings (SSSR count). The molecule has 0 aromatic rings. The first-order chi connectivity index (χ1) is 6.22. The average Bonchev–Trinajstić information content (AvgIpc) is 2.48. The normalized spacial score (nSPS) is 24.1. The van der Waals surface area contributed by atoms with Crippen LogP contribution in [-0.2, 0) is 4.74 Å². The minimum Gasteiger partial charge on any atom is -0.373 e. The molecule has 1 unspecified atom stereocenters. The minimum atomic E-state index is 0.428. The maximum absolute atomic E-state index is 5.59. The van der Waals surface area contributed by atoms with E-state index < -0.39 is 0 Å². The lowest BCUT2D eigenvalue weighted by Crippen LogP contribution is -2.26. The molecule has 0 aromatic carbocycles. The van der Waals surface area contributed by atoms with Crippen LogP contribution in [-0.4, -0.2) is 37.2 Å². The third-order valence-electron chi connectivity index (χ3n) is 2.22. The molecule has 13 heavy (non-hydrogen) atoms. The lowest BCUT2D eigenvalue weighted by molar-refractivity contribution is 0.0807. The smallest absolute Gasteiger partial charge is 0.0718 e. The maximum atomic E-state index is 5.59. The van der Waals surface area contributed by atoms with Crippen molar-refractivity contribution in [1.29, 1.82) is 0 Å². The van der Waals surface area contributed by atoms with Crippen molar-refractivity contribution in [2.45, 2.75) is 26.4 Å². The van der Waals surface area contributed by atoms with E-state index >= 15 is 0 Å². The number of nitrogens with zero attached hydrogens (tertiary/aromatic N) is 1. The summed E-state index contributed by atoms with van der Waals surface area (Å²) in [5, 5.41) is 0. The molecule has 0 bridgehead atoms. The van der Waals surface area contributed by atoms with Crippen LogP contribution in [0.2, 0.25) is 0 Å². The molecule has 0 aliphatic carbocycles. The van der Waals surface area contributed by atoms with E-state index in [1.807, 2.05) is 6.08 Å². The molecule has 1 saturated heterocycles. The van der Waals surface area contributed by atoms with Crippen molar-refractivity contribution in [2.24, 2.45) is 0 Å². The third-order valence-corrected chi connectivity index (χ3v) is 2.22.